The van der Waals surface area contributed by atoms with Gasteiger partial charge in [0.15, 0.2) is 5.69 Å². The third-order valence-corrected chi connectivity index (χ3v) is 6.40. The molecule has 3 aromatic carbocycles. The molecular formula is C28H26FN5O2. The molecule has 182 valence electrons. The van der Waals surface area contributed by atoms with E-state index in [4.69, 9.17) is 0 Å². The Morgan fingerprint density at radius 3 is 2.28 bits per heavy atom. The highest BCUT2D eigenvalue weighted by Crippen LogP contribution is 2.26. The van der Waals surface area contributed by atoms with Gasteiger partial charge in [0.25, 0.3) is 5.91 Å². The fraction of sp³-hybridized carbons (Fsp3) is 0.214. The molecule has 1 atom stereocenters. The average Bonchev–Trinajstić information content (AvgIpc) is 3.52. The highest BCUT2D eigenvalue weighted by atomic mass is 19.1. The first-order valence-corrected chi connectivity index (χ1v) is 11.9. The Bertz CT molecular complexity index is 1300. The zero-order valence-corrected chi connectivity index (χ0v) is 19.6. The number of benzene rings is 3. The summed E-state index contributed by atoms with van der Waals surface area (Å²) >= 11 is 0. The van der Waals surface area contributed by atoms with Crippen molar-refractivity contribution in [2.45, 2.75) is 19.0 Å². The van der Waals surface area contributed by atoms with Crippen LogP contribution in [0.5, 0.6) is 0 Å². The molecule has 7 nitrogen and oxygen atoms in total. The Morgan fingerprint density at radius 2 is 1.61 bits per heavy atom. The molecule has 1 unspecified atom stereocenters. The third kappa shape index (κ3) is 5.17. The molecule has 0 spiro atoms. The number of carbonyl (C=O) groups is 2. The molecule has 36 heavy (non-hydrogen) atoms. The molecule has 5 rings (SSSR count). The molecule has 1 aliphatic rings. The van der Waals surface area contributed by atoms with Crippen LogP contribution in [0.15, 0.2) is 91.1 Å². The first kappa shape index (κ1) is 23.4. The van der Waals surface area contributed by atoms with Gasteiger partial charge in [0.1, 0.15) is 11.9 Å². The van der Waals surface area contributed by atoms with Gasteiger partial charge in [-0.3, -0.25) is 9.59 Å². The van der Waals surface area contributed by atoms with Crippen molar-refractivity contribution < 1.29 is 14.0 Å². The van der Waals surface area contributed by atoms with Crippen molar-refractivity contribution in [3.8, 4) is 0 Å². The average molecular weight is 484 g/mol. The molecule has 4 aromatic rings. The zero-order valence-electron chi connectivity index (χ0n) is 19.6. The van der Waals surface area contributed by atoms with E-state index in [1.54, 1.807) is 34.0 Å². The number of hydrogen-bond donors (Lipinski definition) is 1. The first-order valence-electron chi connectivity index (χ1n) is 11.9. The molecule has 2 amide bonds. The van der Waals surface area contributed by atoms with Crippen LogP contribution in [0.3, 0.4) is 0 Å². The molecule has 1 aromatic heterocycles. The molecule has 0 radical (unpaired) electrons. The van der Waals surface area contributed by atoms with Crippen LogP contribution in [-0.4, -0.2) is 44.8 Å². The summed E-state index contributed by atoms with van der Waals surface area (Å²) in [6.45, 7) is 1.01. The number of hydrogen-bond acceptors (Lipinski definition) is 4. The smallest absolute Gasteiger partial charge is 0.273 e. The van der Waals surface area contributed by atoms with Crippen LogP contribution in [0.1, 0.15) is 39.6 Å². The molecule has 0 aliphatic carbocycles. The maximum atomic E-state index is 14.0. The lowest BCUT2D eigenvalue weighted by molar-refractivity contribution is -0.128. The second kappa shape index (κ2) is 10.5. The van der Waals surface area contributed by atoms with Crippen molar-refractivity contribution in [3.63, 3.8) is 0 Å². The van der Waals surface area contributed by atoms with Gasteiger partial charge in [-0.1, -0.05) is 84.1 Å². The van der Waals surface area contributed by atoms with Crippen LogP contribution < -0.4 is 5.32 Å². The van der Waals surface area contributed by atoms with Crippen molar-refractivity contribution in [2.24, 2.45) is 5.92 Å². The molecular weight excluding hydrogens is 457 g/mol. The summed E-state index contributed by atoms with van der Waals surface area (Å²) in [4.78, 5) is 26.9. The predicted octanol–water partition coefficient (Wildman–Crippen LogP) is 3.83. The summed E-state index contributed by atoms with van der Waals surface area (Å²) in [7, 11) is 0. The van der Waals surface area contributed by atoms with Crippen molar-refractivity contribution in [1.82, 2.24) is 25.2 Å². The van der Waals surface area contributed by atoms with E-state index in [9.17, 15) is 14.0 Å². The van der Waals surface area contributed by atoms with E-state index >= 15 is 0 Å². The van der Waals surface area contributed by atoms with Crippen LogP contribution >= 0.6 is 0 Å². The van der Waals surface area contributed by atoms with Gasteiger partial charge in [-0.15, -0.1) is 5.10 Å². The summed E-state index contributed by atoms with van der Waals surface area (Å²) in [5.41, 5.74) is 2.75. The third-order valence-electron chi connectivity index (χ3n) is 6.40. The Labute approximate surface area is 208 Å². The number of halogens is 1. The second-order valence-corrected chi connectivity index (χ2v) is 8.95. The number of rotatable bonds is 8. The van der Waals surface area contributed by atoms with Crippen LogP contribution in [0, 0.1) is 11.7 Å². The quantitative estimate of drug-likeness (QED) is 0.413. The normalized spacial score (nSPS) is 15.4. The Morgan fingerprint density at radius 1 is 0.972 bits per heavy atom. The largest absolute Gasteiger partial charge is 0.350 e. The predicted molar refractivity (Wildman–Crippen MR) is 132 cm³/mol. The van der Waals surface area contributed by atoms with E-state index in [-0.39, 0.29) is 41.8 Å². The lowest BCUT2D eigenvalue weighted by Crippen LogP contribution is -2.31. The fourth-order valence-corrected chi connectivity index (χ4v) is 4.58. The molecule has 1 N–H and O–H groups in total. The van der Waals surface area contributed by atoms with Gasteiger partial charge in [-0.05, 0) is 17.2 Å². The van der Waals surface area contributed by atoms with E-state index in [1.807, 2.05) is 60.7 Å². The van der Waals surface area contributed by atoms with Gasteiger partial charge in [0.05, 0.1) is 6.20 Å². The van der Waals surface area contributed by atoms with E-state index in [0.29, 0.717) is 25.1 Å². The maximum Gasteiger partial charge on any atom is 0.273 e. The van der Waals surface area contributed by atoms with Gasteiger partial charge in [0.2, 0.25) is 5.91 Å². The summed E-state index contributed by atoms with van der Waals surface area (Å²) in [5, 5.41) is 11.2. The Balaban J connectivity index is 1.23. The fourth-order valence-electron chi connectivity index (χ4n) is 4.58. The van der Waals surface area contributed by atoms with E-state index in [2.05, 4.69) is 15.6 Å². The molecule has 0 saturated carbocycles. The van der Waals surface area contributed by atoms with Crippen molar-refractivity contribution >= 4 is 11.8 Å². The Kier molecular flexibility index (Phi) is 6.84. The van der Waals surface area contributed by atoms with Crippen LogP contribution in [0.4, 0.5) is 4.39 Å². The molecule has 1 saturated heterocycles. The van der Waals surface area contributed by atoms with Gasteiger partial charge in [-0.25, -0.2) is 9.07 Å². The summed E-state index contributed by atoms with van der Waals surface area (Å²) in [5.74, 6) is -0.766. The number of nitrogens with one attached hydrogen (secondary N) is 1. The zero-order chi connectivity index (χ0) is 24.9. The molecule has 1 aliphatic heterocycles. The minimum Gasteiger partial charge on any atom is -0.350 e. The molecule has 1 fully saturated rings. The SMILES string of the molecule is O=C(NCC1CC(=O)N(Cc2ccccc2F)C1)c1cn(C(c2ccccc2)c2ccccc2)nn1. The highest BCUT2D eigenvalue weighted by molar-refractivity contribution is 5.92. The highest BCUT2D eigenvalue weighted by Gasteiger charge is 2.30. The minimum absolute atomic E-state index is 0.0444. The van der Waals surface area contributed by atoms with E-state index in [0.717, 1.165) is 11.1 Å². The first-order chi connectivity index (χ1) is 17.6. The van der Waals surface area contributed by atoms with Crippen LogP contribution in [0.25, 0.3) is 0 Å². The number of carbonyl (C=O) groups excluding carboxylic acids is 2. The number of likely N-dealkylation sites (tertiary alicyclic amines) is 1. The standard InChI is InChI=1S/C28H26FN5O2/c29-24-14-8-7-13-23(24)18-33-17-20(15-26(33)35)16-30-28(36)25-19-34(32-31-25)27(21-9-3-1-4-10-21)22-11-5-2-6-12-22/h1-14,19-20,27H,15-18H2,(H,30,36). The van der Waals surface area contributed by atoms with Gasteiger partial charge in [0, 0.05) is 37.5 Å². The van der Waals surface area contributed by atoms with Gasteiger partial charge >= 0.3 is 0 Å². The minimum atomic E-state index is -0.346. The number of aromatic nitrogens is 3. The summed E-state index contributed by atoms with van der Waals surface area (Å²) in [6.07, 6.45) is 1.95. The van der Waals surface area contributed by atoms with Crippen molar-refractivity contribution in [1.29, 1.82) is 0 Å². The topological polar surface area (TPSA) is 80.1 Å². The van der Waals surface area contributed by atoms with E-state index in [1.165, 1.54) is 6.07 Å². The summed E-state index contributed by atoms with van der Waals surface area (Å²) < 4.78 is 15.7. The monoisotopic (exact) mass is 483 g/mol. The molecule has 2 heterocycles. The maximum absolute atomic E-state index is 14.0. The lowest BCUT2D eigenvalue weighted by Gasteiger charge is -2.18. The van der Waals surface area contributed by atoms with Crippen LogP contribution in [0.2, 0.25) is 0 Å². The lowest BCUT2D eigenvalue weighted by atomic mass is 9.99. The van der Waals surface area contributed by atoms with E-state index < -0.39 is 0 Å². The molecule has 8 heteroatoms. The van der Waals surface area contributed by atoms with Crippen molar-refractivity contribution in [2.75, 3.05) is 13.1 Å². The van der Waals surface area contributed by atoms with Crippen LogP contribution in [-0.2, 0) is 11.3 Å². The number of nitrogens with zero attached hydrogens (tertiary/aromatic N) is 4. The molecule has 0 bridgehead atoms. The summed E-state index contributed by atoms with van der Waals surface area (Å²) in [6, 6.07) is 26.1. The number of amides is 2. The van der Waals surface area contributed by atoms with Gasteiger partial charge < -0.3 is 10.2 Å². The Hall–Kier alpha value is -4.33. The second-order valence-electron chi connectivity index (χ2n) is 8.95. The van der Waals surface area contributed by atoms with Crippen molar-refractivity contribution in [3.05, 3.63) is 119 Å². The van der Waals surface area contributed by atoms with Gasteiger partial charge in [-0.2, -0.15) is 0 Å².